The van der Waals surface area contributed by atoms with Gasteiger partial charge in [-0.15, -0.1) is 0 Å². The van der Waals surface area contributed by atoms with Crippen LogP contribution in [-0.4, -0.2) is 17.1 Å². The Morgan fingerprint density at radius 3 is 1.84 bits per heavy atom. The summed E-state index contributed by atoms with van der Waals surface area (Å²) in [5.74, 6) is -0.747. The fraction of sp³-hybridized carbons (Fsp3) is 0.200. The largest absolute Gasteiger partial charge is 0.446 e. The van der Waals surface area contributed by atoms with E-state index in [1.165, 1.54) is 24.3 Å². The number of alkyl halides is 9. The second-order valence-corrected chi connectivity index (χ2v) is 9.30. The van der Waals surface area contributed by atoms with Crippen LogP contribution in [0.1, 0.15) is 29.2 Å². The van der Waals surface area contributed by atoms with Gasteiger partial charge in [-0.1, -0.05) is 12.1 Å². The maximum Gasteiger partial charge on any atom is 0.446 e. The highest BCUT2D eigenvalue weighted by Crippen LogP contribution is 2.42. The molecule has 1 saturated heterocycles. The lowest BCUT2D eigenvalue weighted by Crippen LogP contribution is -2.29. The molecule has 200 valence electrons. The Labute approximate surface area is 214 Å². The van der Waals surface area contributed by atoms with Gasteiger partial charge in [-0.05, 0) is 78.0 Å². The number of halogens is 9. The Balaban J connectivity index is 1.74. The number of nitrogens with zero attached hydrogens (tertiary/aromatic N) is 2. The van der Waals surface area contributed by atoms with Crippen LogP contribution in [-0.2, 0) is 17.1 Å². The highest BCUT2D eigenvalue weighted by molar-refractivity contribution is 8.00. The quantitative estimate of drug-likeness (QED) is 0.236. The molecule has 0 radical (unpaired) electrons. The zero-order valence-electron chi connectivity index (χ0n) is 18.8. The average Bonchev–Trinajstić information content (AvgIpc) is 3.13. The van der Waals surface area contributed by atoms with Crippen molar-refractivity contribution in [1.82, 2.24) is 0 Å². The Kier molecular flexibility index (Phi) is 7.26. The molecule has 1 fully saturated rings. The minimum Gasteiger partial charge on any atom is -0.299 e. The lowest BCUT2D eigenvalue weighted by molar-refractivity contribution is -0.138. The first-order valence-electron chi connectivity index (χ1n) is 10.7. The summed E-state index contributed by atoms with van der Waals surface area (Å²) in [4.78, 5) is 18.4. The Morgan fingerprint density at radius 2 is 1.32 bits per heavy atom. The molecule has 1 atom stereocenters. The van der Waals surface area contributed by atoms with Crippen molar-refractivity contribution in [3.05, 3.63) is 89.5 Å². The number of hydrogen-bond donors (Lipinski definition) is 0. The van der Waals surface area contributed by atoms with Crippen LogP contribution in [0.2, 0.25) is 0 Å². The summed E-state index contributed by atoms with van der Waals surface area (Å²) in [5.41, 5.74) is -6.26. The summed E-state index contributed by atoms with van der Waals surface area (Å²) >= 11 is -0.368. The van der Waals surface area contributed by atoms with Crippen molar-refractivity contribution in [2.75, 3.05) is 4.90 Å². The van der Waals surface area contributed by atoms with E-state index in [0.717, 1.165) is 53.4 Å². The van der Waals surface area contributed by atoms with Crippen LogP contribution in [0.4, 0.5) is 50.9 Å². The van der Waals surface area contributed by atoms with Crippen molar-refractivity contribution in [2.24, 2.45) is 4.99 Å². The van der Waals surface area contributed by atoms with Crippen molar-refractivity contribution >= 4 is 34.8 Å². The Hall–Kier alpha value is -3.48. The van der Waals surface area contributed by atoms with Gasteiger partial charge in [0.2, 0.25) is 0 Å². The van der Waals surface area contributed by atoms with Crippen LogP contribution < -0.4 is 4.90 Å². The lowest BCUT2D eigenvalue weighted by atomic mass is 10.0. The molecule has 1 aliphatic heterocycles. The molecule has 1 amide bonds. The van der Waals surface area contributed by atoms with E-state index in [4.69, 9.17) is 0 Å². The van der Waals surface area contributed by atoms with Crippen molar-refractivity contribution in [1.29, 1.82) is 0 Å². The predicted octanol–water partition coefficient (Wildman–Crippen LogP) is 8.59. The maximum atomic E-state index is 13.3. The van der Waals surface area contributed by atoms with E-state index < -0.39 is 40.9 Å². The molecule has 0 spiro atoms. The number of carbonyl (C=O) groups excluding carboxylic acids is 1. The molecular weight excluding hydrogens is 547 g/mol. The molecule has 3 aromatic carbocycles. The summed E-state index contributed by atoms with van der Waals surface area (Å²) in [5, 5.41) is 0. The highest BCUT2D eigenvalue weighted by Gasteiger charge is 2.40. The minimum atomic E-state index is -4.63. The molecule has 0 aromatic heterocycles. The Morgan fingerprint density at radius 1 is 0.763 bits per heavy atom. The fourth-order valence-corrected chi connectivity index (χ4v) is 4.52. The highest BCUT2D eigenvalue weighted by atomic mass is 32.2. The topological polar surface area (TPSA) is 32.7 Å². The first kappa shape index (κ1) is 27.6. The van der Waals surface area contributed by atoms with Gasteiger partial charge in [0.15, 0.2) is 0 Å². The minimum absolute atomic E-state index is 0.0238. The van der Waals surface area contributed by atoms with Gasteiger partial charge in [0.1, 0.15) is 5.71 Å². The standard InChI is InChI=1S/C25H15F9N2OS/c26-23(27,28)15-4-8-17(9-5-15)35-20-13-21(14-2-1-3-19(12-14)38-25(32,33)34)36(22(20)37)18-10-6-16(7-11-18)24(29,30)31/h1-12,21H,13H2. The first-order chi connectivity index (χ1) is 17.6. The molecule has 0 N–H and O–H groups in total. The van der Waals surface area contributed by atoms with Gasteiger partial charge in [-0.3, -0.25) is 9.69 Å². The van der Waals surface area contributed by atoms with Crippen molar-refractivity contribution in [3.63, 3.8) is 0 Å². The van der Waals surface area contributed by atoms with E-state index in [2.05, 4.69) is 4.99 Å². The second kappa shape index (κ2) is 10.0. The van der Waals surface area contributed by atoms with Gasteiger partial charge in [0.25, 0.3) is 5.91 Å². The lowest BCUT2D eigenvalue weighted by Gasteiger charge is -2.25. The van der Waals surface area contributed by atoms with Crippen LogP contribution in [0.25, 0.3) is 0 Å². The number of anilines is 1. The van der Waals surface area contributed by atoms with Crippen LogP contribution in [0.5, 0.6) is 0 Å². The third-order valence-electron chi connectivity index (χ3n) is 5.57. The molecule has 38 heavy (non-hydrogen) atoms. The molecule has 1 unspecified atom stereocenters. The molecule has 3 nitrogen and oxygen atoms in total. The monoisotopic (exact) mass is 562 g/mol. The molecule has 0 saturated carbocycles. The zero-order chi connectivity index (χ0) is 27.9. The van der Waals surface area contributed by atoms with E-state index in [-0.39, 0.29) is 45.7 Å². The fourth-order valence-electron chi connectivity index (χ4n) is 3.91. The summed E-state index contributed by atoms with van der Waals surface area (Å²) in [6.07, 6.45) is -9.37. The van der Waals surface area contributed by atoms with E-state index in [1.807, 2.05) is 0 Å². The summed E-state index contributed by atoms with van der Waals surface area (Å²) < 4.78 is 116. The maximum absolute atomic E-state index is 13.3. The molecule has 3 aromatic rings. The van der Waals surface area contributed by atoms with Gasteiger partial charge in [-0.2, -0.15) is 39.5 Å². The number of thioether (sulfide) groups is 1. The molecule has 4 rings (SSSR count). The predicted molar refractivity (Wildman–Crippen MR) is 123 cm³/mol. The van der Waals surface area contributed by atoms with Crippen molar-refractivity contribution < 1.29 is 44.3 Å². The second-order valence-electron chi connectivity index (χ2n) is 8.16. The van der Waals surface area contributed by atoms with Gasteiger partial charge < -0.3 is 0 Å². The third kappa shape index (κ3) is 6.32. The van der Waals surface area contributed by atoms with E-state index in [1.54, 1.807) is 0 Å². The van der Waals surface area contributed by atoms with E-state index in [9.17, 15) is 44.3 Å². The number of benzene rings is 3. The summed E-state index contributed by atoms with van der Waals surface area (Å²) in [6, 6.07) is 11.6. The molecule has 1 heterocycles. The van der Waals surface area contributed by atoms with Crippen molar-refractivity contribution in [3.8, 4) is 0 Å². The van der Waals surface area contributed by atoms with Crippen LogP contribution in [0.15, 0.2) is 82.7 Å². The molecule has 1 aliphatic rings. The smallest absolute Gasteiger partial charge is 0.299 e. The normalized spacial score (nSPS) is 17.9. The Bertz CT molecular complexity index is 1350. The van der Waals surface area contributed by atoms with E-state index in [0.29, 0.717) is 0 Å². The number of rotatable bonds is 4. The molecule has 0 bridgehead atoms. The van der Waals surface area contributed by atoms with Crippen molar-refractivity contribution in [2.45, 2.75) is 35.2 Å². The van der Waals surface area contributed by atoms with Crippen LogP contribution in [0, 0.1) is 0 Å². The van der Waals surface area contributed by atoms with Crippen LogP contribution in [0.3, 0.4) is 0 Å². The number of aliphatic imine (C=N–C) groups is 1. The van der Waals surface area contributed by atoms with Gasteiger partial charge >= 0.3 is 17.9 Å². The molecular formula is C25H15F9N2OS. The number of hydrogen-bond acceptors (Lipinski definition) is 3. The summed E-state index contributed by atoms with van der Waals surface area (Å²) in [7, 11) is 0. The molecule has 13 heteroatoms. The van der Waals surface area contributed by atoms with Gasteiger partial charge in [0, 0.05) is 17.0 Å². The van der Waals surface area contributed by atoms with Gasteiger partial charge in [-0.25, -0.2) is 4.99 Å². The van der Waals surface area contributed by atoms with Crippen LogP contribution >= 0.6 is 11.8 Å². The number of amides is 1. The van der Waals surface area contributed by atoms with E-state index >= 15 is 0 Å². The average molecular weight is 562 g/mol. The zero-order valence-corrected chi connectivity index (χ0v) is 19.6. The molecule has 0 aliphatic carbocycles. The number of carbonyl (C=O) groups is 1. The summed E-state index contributed by atoms with van der Waals surface area (Å²) in [6.45, 7) is 0. The third-order valence-corrected chi connectivity index (χ3v) is 6.29. The first-order valence-corrected chi connectivity index (χ1v) is 11.5. The SMILES string of the molecule is O=C1C(=Nc2ccc(C(F)(F)F)cc2)CC(c2cccc(SC(F)(F)F)c2)N1c1ccc(C(F)(F)F)cc1. The van der Waals surface area contributed by atoms with Gasteiger partial charge in [0.05, 0.1) is 22.9 Å².